The van der Waals surface area contributed by atoms with Gasteiger partial charge in [-0.05, 0) is 141 Å². The molecule has 2 atom stereocenters. The molecule has 5 N–H and O–H groups in total. The molecule has 0 saturated carbocycles. The van der Waals surface area contributed by atoms with Gasteiger partial charge in [-0.3, -0.25) is 29.2 Å². The summed E-state index contributed by atoms with van der Waals surface area (Å²) in [6.45, 7) is 20.4. The summed E-state index contributed by atoms with van der Waals surface area (Å²) in [6.07, 6.45) is 10.7. The van der Waals surface area contributed by atoms with Crippen LogP contribution in [0.25, 0.3) is 0 Å². The molecule has 4 aliphatic rings. The van der Waals surface area contributed by atoms with Crippen molar-refractivity contribution in [2.75, 3.05) is 58.1 Å². The van der Waals surface area contributed by atoms with Crippen LogP contribution in [0.5, 0.6) is 0 Å². The van der Waals surface area contributed by atoms with Crippen LogP contribution in [0.3, 0.4) is 0 Å². The van der Waals surface area contributed by atoms with E-state index in [1.807, 2.05) is 62.7 Å². The fourth-order valence-corrected chi connectivity index (χ4v) is 9.50. The van der Waals surface area contributed by atoms with Crippen LogP contribution >= 0.6 is 0 Å². The minimum absolute atomic E-state index is 0.0157. The zero-order chi connectivity index (χ0) is 43.2. The number of nitrogens with two attached hydrogens (primary N) is 1. The molecule has 4 fully saturated rings. The maximum absolute atomic E-state index is 13.5. The zero-order valence-corrected chi connectivity index (χ0v) is 37.3. The molecule has 60 heavy (non-hydrogen) atoms. The Balaban J connectivity index is 0.888. The summed E-state index contributed by atoms with van der Waals surface area (Å²) in [4.78, 5) is 70.3. The number of carbonyl (C=O) groups is 4. The summed E-state index contributed by atoms with van der Waals surface area (Å²) in [5.41, 5.74) is 8.22. The Hall–Kier alpha value is -4.30. The lowest BCUT2D eigenvalue weighted by Gasteiger charge is -2.39. The number of nitrogens with one attached hydrogen (secondary N) is 3. The molecule has 0 aliphatic carbocycles. The van der Waals surface area contributed by atoms with Crippen LogP contribution in [0.4, 0.5) is 10.6 Å². The number of nitrogen functional groups attached to an aromatic ring is 1. The fraction of sp³-hybridized carbons (Fsp3) is 0.696. The minimum atomic E-state index is -0.530. The zero-order valence-electron chi connectivity index (χ0n) is 37.3. The SMILES string of the molecule is CC(c1ccnc(N)c1)N1CCC(C(=O)N2CCC(NC(=O)NC(C)(C)Cc3cc(C(C)N4CCC(C(=O)N5CCC(NC(=O)C(C)(C)C)CC5)CC4)ccn3)CC2)CC1. The summed E-state index contributed by atoms with van der Waals surface area (Å²) in [5.74, 6) is 1.19. The number of likely N-dealkylation sites (tertiary alicyclic amines) is 4. The number of pyridine rings is 2. The molecule has 6 rings (SSSR count). The molecule has 2 aromatic rings. The van der Waals surface area contributed by atoms with Crippen molar-refractivity contribution in [1.82, 2.24) is 45.5 Å². The molecule has 14 nitrogen and oxygen atoms in total. The van der Waals surface area contributed by atoms with E-state index in [1.165, 1.54) is 5.56 Å². The third-order valence-corrected chi connectivity index (χ3v) is 13.5. The van der Waals surface area contributed by atoms with Gasteiger partial charge in [0.1, 0.15) is 5.82 Å². The molecule has 4 saturated heterocycles. The van der Waals surface area contributed by atoms with E-state index in [-0.39, 0.29) is 59.8 Å². The largest absolute Gasteiger partial charge is 0.384 e. The van der Waals surface area contributed by atoms with Crippen molar-refractivity contribution in [3.8, 4) is 0 Å². The number of urea groups is 1. The lowest BCUT2D eigenvalue weighted by Crippen LogP contribution is -2.54. The van der Waals surface area contributed by atoms with Crippen molar-refractivity contribution in [1.29, 1.82) is 0 Å². The quantitative estimate of drug-likeness (QED) is 0.242. The van der Waals surface area contributed by atoms with E-state index in [2.05, 4.69) is 61.7 Å². The first-order chi connectivity index (χ1) is 28.5. The van der Waals surface area contributed by atoms with E-state index in [4.69, 9.17) is 5.73 Å². The highest BCUT2D eigenvalue weighted by molar-refractivity contribution is 5.82. The second kappa shape index (κ2) is 19.6. The van der Waals surface area contributed by atoms with E-state index in [9.17, 15) is 19.2 Å². The van der Waals surface area contributed by atoms with E-state index >= 15 is 0 Å². The second-order valence-electron chi connectivity index (χ2n) is 19.6. The predicted octanol–water partition coefficient (Wildman–Crippen LogP) is 5.07. The van der Waals surface area contributed by atoms with Gasteiger partial charge in [0.15, 0.2) is 0 Å². The van der Waals surface area contributed by atoms with Crippen molar-refractivity contribution in [2.24, 2.45) is 17.3 Å². The van der Waals surface area contributed by atoms with E-state index < -0.39 is 11.0 Å². The lowest BCUT2D eigenvalue weighted by molar-refractivity contribution is -0.139. The van der Waals surface area contributed by atoms with Crippen molar-refractivity contribution in [3.05, 3.63) is 53.5 Å². The molecule has 0 spiro atoms. The first-order valence-corrected chi connectivity index (χ1v) is 22.6. The molecule has 5 amide bonds. The van der Waals surface area contributed by atoms with Crippen molar-refractivity contribution < 1.29 is 19.2 Å². The predicted molar refractivity (Wildman–Crippen MR) is 235 cm³/mol. The number of anilines is 1. The van der Waals surface area contributed by atoms with Gasteiger partial charge < -0.3 is 31.5 Å². The van der Waals surface area contributed by atoms with Gasteiger partial charge in [-0.1, -0.05) is 20.8 Å². The smallest absolute Gasteiger partial charge is 0.315 e. The average Bonchev–Trinajstić information content (AvgIpc) is 3.22. The Bertz CT molecular complexity index is 1780. The van der Waals surface area contributed by atoms with Crippen LogP contribution in [0.15, 0.2) is 36.7 Å². The van der Waals surface area contributed by atoms with Crippen LogP contribution in [0.2, 0.25) is 0 Å². The Morgan fingerprint density at radius 1 is 0.667 bits per heavy atom. The van der Waals surface area contributed by atoms with Gasteiger partial charge >= 0.3 is 6.03 Å². The van der Waals surface area contributed by atoms with Crippen LogP contribution in [-0.4, -0.2) is 123 Å². The summed E-state index contributed by atoms with van der Waals surface area (Å²) >= 11 is 0. The first-order valence-electron chi connectivity index (χ1n) is 22.6. The van der Waals surface area contributed by atoms with Gasteiger partial charge in [-0.2, -0.15) is 0 Å². The molecule has 6 heterocycles. The lowest BCUT2D eigenvalue weighted by atomic mass is 9.91. The summed E-state index contributed by atoms with van der Waals surface area (Å²) in [7, 11) is 0. The summed E-state index contributed by atoms with van der Waals surface area (Å²) in [5, 5.41) is 9.53. The third-order valence-electron chi connectivity index (χ3n) is 13.5. The number of aromatic nitrogens is 2. The first kappa shape index (κ1) is 45.2. The number of nitrogens with zero attached hydrogens (tertiary/aromatic N) is 6. The molecular weight excluding hydrogens is 757 g/mol. The fourth-order valence-electron chi connectivity index (χ4n) is 9.50. The number of rotatable bonds is 11. The maximum Gasteiger partial charge on any atom is 0.315 e. The molecule has 14 heteroatoms. The highest BCUT2D eigenvalue weighted by Gasteiger charge is 2.35. The monoisotopic (exact) mass is 829 g/mol. The van der Waals surface area contributed by atoms with Gasteiger partial charge in [0.2, 0.25) is 17.7 Å². The normalized spacial score (nSPS) is 21.0. The van der Waals surface area contributed by atoms with Crippen LogP contribution in [0.1, 0.15) is 129 Å². The van der Waals surface area contributed by atoms with Gasteiger partial charge in [0.25, 0.3) is 0 Å². The van der Waals surface area contributed by atoms with Gasteiger partial charge in [-0.15, -0.1) is 0 Å². The molecule has 0 radical (unpaired) electrons. The molecular formula is C46H72N10O4. The highest BCUT2D eigenvalue weighted by atomic mass is 16.2. The number of piperidine rings is 4. The van der Waals surface area contributed by atoms with E-state index in [0.717, 1.165) is 88.8 Å². The van der Waals surface area contributed by atoms with Crippen LogP contribution in [-0.2, 0) is 20.8 Å². The number of hydrogen-bond acceptors (Lipinski definition) is 9. The number of carbonyl (C=O) groups excluding carboxylic acids is 4. The average molecular weight is 829 g/mol. The Morgan fingerprint density at radius 2 is 1.12 bits per heavy atom. The second-order valence-corrected chi connectivity index (χ2v) is 19.6. The maximum atomic E-state index is 13.5. The molecule has 2 aromatic heterocycles. The topological polar surface area (TPSA) is 169 Å². The van der Waals surface area contributed by atoms with Crippen molar-refractivity contribution in [2.45, 2.75) is 136 Å². The van der Waals surface area contributed by atoms with E-state index in [0.29, 0.717) is 38.4 Å². The van der Waals surface area contributed by atoms with E-state index in [1.54, 1.807) is 6.20 Å². The minimum Gasteiger partial charge on any atom is -0.384 e. The highest BCUT2D eigenvalue weighted by Crippen LogP contribution is 2.31. The molecule has 0 aromatic carbocycles. The summed E-state index contributed by atoms with van der Waals surface area (Å²) < 4.78 is 0. The third kappa shape index (κ3) is 12.0. The standard InChI is InChI=1S/C46H72N10O4/c1-31(53-20-10-33(11-21-53)41(57)55-24-14-37(15-25-55)50-43(59)45(3,4)5)35-8-18-48-39(28-35)30-46(6,7)52-44(60)51-38-16-26-56(27-17-38)42(58)34-12-22-54(23-13-34)32(2)36-9-19-49-40(47)29-36/h8-9,18-19,28-29,31-34,37-38H,10-17,20-27,30H2,1-7H3,(H2,47,49)(H,50,59)(H2,51,52,60). The van der Waals surface area contributed by atoms with Crippen molar-refractivity contribution in [3.63, 3.8) is 0 Å². The van der Waals surface area contributed by atoms with Crippen LogP contribution in [0, 0.1) is 17.3 Å². The van der Waals surface area contributed by atoms with Crippen molar-refractivity contribution >= 4 is 29.6 Å². The molecule has 2 unspecified atom stereocenters. The summed E-state index contributed by atoms with van der Waals surface area (Å²) in [6, 6.07) is 8.53. The van der Waals surface area contributed by atoms with Gasteiger partial charge in [0, 0.05) is 97.6 Å². The Kier molecular flexibility index (Phi) is 14.8. The number of amides is 5. The van der Waals surface area contributed by atoms with Gasteiger partial charge in [0.05, 0.1) is 0 Å². The molecule has 0 bridgehead atoms. The van der Waals surface area contributed by atoms with Gasteiger partial charge in [-0.25, -0.2) is 9.78 Å². The molecule has 330 valence electrons. The number of hydrogen-bond donors (Lipinski definition) is 4. The van der Waals surface area contributed by atoms with Crippen LogP contribution < -0.4 is 21.7 Å². The Labute approximate surface area is 358 Å². The molecule has 4 aliphatic heterocycles. The Morgan fingerprint density at radius 3 is 1.58 bits per heavy atom.